The van der Waals surface area contributed by atoms with Gasteiger partial charge in [0.15, 0.2) is 0 Å². The highest BCUT2D eigenvalue weighted by Gasteiger charge is 2.09. The van der Waals surface area contributed by atoms with Gasteiger partial charge in [0, 0.05) is 18.0 Å². The lowest BCUT2D eigenvalue weighted by molar-refractivity contribution is 0.220. The van der Waals surface area contributed by atoms with Crippen molar-refractivity contribution in [3.63, 3.8) is 0 Å². The summed E-state index contributed by atoms with van der Waals surface area (Å²) in [6, 6.07) is 9.79. The first-order chi connectivity index (χ1) is 6.77. The Labute approximate surface area is 83.2 Å². The minimum atomic E-state index is -0.527. The number of aromatic amines is 1. The first kappa shape index (κ1) is 9.03. The van der Waals surface area contributed by atoms with E-state index >= 15 is 0 Å². The fourth-order valence-corrected chi connectivity index (χ4v) is 1.54. The van der Waals surface area contributed by atoms with Gasteiger partial charge in [0.05, 0.1) is 0 Å². The van der Waals surface area contributed by atoms with Gasteiger partial charge < -0.3 is 10.1 Å². The van der Waals surface area contributed by atoms with E-state index in [4.69, 9.17) is 0 Å². The van der Waals surface area contributed by atoms with Crippen molar-refractivity contribution in [3.8, 4) is 0 Å². The van der Waals surface area contributed by atoms with E-state index in [0.29, 0.717) is 0 Å². The van der Waals surface area contributed by atoms with Crippen LogP contribution in [0.5, 0.6) is 0 Å². The molecule has 2 rings (SSSR count). The number of aryl methyl sites for hydroxylation is 1. The summed E-state index contributed by atoms with van der Waals surface area (Å²) in [6.07, 6.45) is 3.10. The first-order valence-corrected chi connectivity index (χ1v) is 4.64. The molecule has 72 valence electrons. The fourth-order valence-electron chi connectivity index (χ4n) is 1.54. The van der Waals surface area contributed by atoms with Gasteiger partial charge in [-0.25, -0.2) is 0 Å². The lowest BCUT2D eigenvalue weighted by Crippen LogP contribution is -1.97. The van der Waals surface area contributed by atoms with Gasteiger partial charge in [0.1, 0.15) is 6.10 Å². The number of H-pyrrole nitrogens is 1. The molecule has 1 aromatic carbocycles. The van der Waals surface area contributed by atoms with E-state index in [1.165, 1.54) is 0 Å². The zero-order chi connectivity index (χ0) is 9.97. The Kier molecular flexibility index (Phi) is 2.37. The van der Waals surface area contributed by atoms with E-state index in [1.807, 2.05) is 49.6 Å². The molecule has 0 spiro atoms. The molecule has 0 fully saturated rings. The van der Waals surface area contributed by atoms with Crippen molar-refractivity contribution in [1.29, 1.82) is 0 Å². The monoisotopic (exact) mass is 187 g/mol. The van der Waals surface area contributed by atoms with Gasteiger partial charge in [-0.15, -0.1) is 0 Å². The molecule has 2 nitrogen and oxygen atoms in total. The second-order valence-corrected chi connectivity index (χ2v) is 3.46. The molecule has 2 aromatic rings. The highest BCUT2D eigenvalue weighted by Crippen LogP contribution is 2.21. The second-order valence-electron chi connectivity index (χ2n) is 3.46. The van der Waals surface area contributed by atoms with Crippen molar-refractivity contribution in [2.75, 3.05) is 0 Å². The average Bonchev–Trinajstić information content (AvgIpc) is 2.69. The molecule has 0 bridgehead atoms. The quantitative estimate of drug-likeness (QED) is 0.744. The maximum absolute atomic E-state index is 9.99. The Morgan fingerprint density at radius 3 is 2.71 bits per heavy atom. The number of hydrogen-bond acceptors (Lipinski definition) is 1. The van der Waals surface area contributed by atoms with Crippen molar-refractivity contribution in [1.82, 2.24) is 4.98 Å². The van der Waals surface area contributed by atoms with Gasteiger partial charge in [-0.1, -0.05) is 29.8 Å². The Hall–Kier alpha value is -1.54. The summed E-state index contributed by atoms with van der Waals surface area (Å²) in [6.45, 7) is 2.02. The zero-order valence-electron chi connectivity index (χ0n) is 8.07. The van der Waals surface area contributed by atoms with E-state index in [9.17, 15) is 5.11 Å². The highest BCUT2D eigenvalue weighted by molar-refractivity contribution is 5.30. The molecule has 2 N–H and O–H groups in total. The second kappa shape index (κ2) is 3.68. The zero-order valence-corrected chi connectivity index (χ0v) is 8.07. The number of benzene rings is 1. The first-order valence-electron chi connectivity index (χ1n) is 4.64. The summed E-state index contributed by atoms with van der Waals surface area (Å²) in [7, 11) is 0. The fraction of sp³-hybridized carbons (Fsp3) is 0.167. The molecule has 0 aliphatic heterocycles. The number of aromatic nitrogens is 1. The van der Waals surface area contributed by atoms with Crippen LogP contribution in [0.4, 0.5) is 0 Å². The van der Waals surface area contributed by atoms with Crippen LogP contribution < -0.4 is 0 Å². The SMILES string of the molecule is Cc1cccc(C(O)c2cc[nH]c2)c1. The van der Waals surface area contributed by atoms with E-state index in [0.717, 1.165) is 16.7 Å². The van der Waals surface area contributed by atoms with Crippen LogP contribution in [0.25, 0.3) is 0 Å². The van der Waals surface area contributed by atoms with Gasteiger partial charge in [0.25, 0.3) is 0 Å². The standard InChI is InChI=1S/C12H13NO/c1-9-3-2-4-10(7-9)12(14)11-5-6-13-8-11/h2-8,12-14H,1H3. The van der Waals surface area contributed by atoms with Gasteiger partial charge >= 0.3 is 0 Å². The van der Waals surface area contributed by atoms with Crippen molar-refractivity contribution in [2.45, 2.75) is 13.0 Å². The third-order valence-electron chi connectivity index (χ3n) is 2.30. The van der Waals surface area contributed by atoms with Crippen LogP contribution in [-0.2, 0) is 0 Å². The summed E-state index contributed by atoms with van der Waals surface area (Å²) < 4.78 is 0. The summed E-state index contributed by atoms with van der Waals surface area (Å²) in [5.41, 5.74) is 3.00. The molecule has 2 heteroatoms. The number of nitrogens with one attached hydrogen (secondary N) is 1. The summed E-state index contributed by atoms with van der Waals surface area (Å²) in [5, 5.41) is 9.99. The van der Waals surface area contributed by atoms with Crippen LogP contribution >= 0.6 is 0 Å². The minimum absolute atomic E-state index is 0.527. The van der Waals surface area contributed by atoms with Crippen LogP contribution in [0.15, 0.2) is 42.7 Å². The maximum atomic E-state index is 9.99. The van der Waals surface area contributed by atoms with Crippen molar-refractivity contribution >= 4 is 0 Å². The average molecular weight is 187 g/mol. The third kappa shape index (κ3) is 1.70. The smallest absolute Gasteiger partial charge is 0.106 e. The molecule has 0 aliphatic carbocycles. The molecule has 0 saturated carbocycles. The summed E-state index contributed by atoms with van der Waals surface area (Å²) in [4.78, 5) is 2.94. The predicted octanol–water partition coefficient (Wildman–Crippen LogP) is 2.40. The highest BCUT2D eigenvalue weighted by atomic mass is 16.3. The van der Waals surface area contributed by atoms with Crippen LogP contribution in [-0.4, -0.2) is 10.1 Å². The topological polar surface area (TPSA) is 36.0 Å². The molecule has 0 radical (unpaired) electrons. The largest absolute Gasteiger partial charge is 0.384 e. The minimum Gasteiger partial charge on any atom is -0.384 e. The number of rotatable bonds is 2. The molecule has 0 saturated heterocycles. The van der Waals surface area contributed by atoms with Crippen molar-refractivity contribution in [2.24, 2.45) is 0 Å². The van der Waals surface area contributed by atoms with Gasteiger partial charge in [-0.3, -0.25) is 0 Å². The normalized spacial score (nSPS) is 12.7. The number of hydrogen-bond donors (Lipinski definition) is 2. The molecule has 0 aliphatic rings. The lowest BCUT2D eigenvalue weighted by atomic mass is 10.0. The van der Waals surface area contributed by atoms with Crippen LogP contribution in [0.1, 0.15) is 22.8 Å². The van der Waals surface area contributed by atoms with E-state index in [2.05, 4.69) is 4.98 Å². The summed E-state index contributed by atoms with van der Waals surface area (Å²) in [5.74, 6) is 0. The molecule has 1 aromatic heterocycles. The van der Waals surface area contributed by atoms with Crippen molar-refractivity contribution in [3.05, 3.63) is 59.4 Å². The Morgan fingerprint density at radius 1 is 1.21 bits per heavy atom. The van der Waals surface area contributed by atoms with Gasteiger partial charge in [0.2, 0.25) is 0 Å². The molecule has 1 heterocycles. The lowest BCUT2D eigenvalue weighted by Gasteiger charge is -2.09. The summed E-state index contributed by atoms with van der Waals surface area (Å²) >= 11 is 0. The number of aliphatic hydroxyl groups is 1. The van der Waals surface area contributed by atoms with Gasteiger partial charge in [-0.05, 0) is 18.6 Å². The molecule has 1 unspecified atom stereocenters. The Morgan fingerprint density at radius 2 is 2.07 bits per heavy atom. The molecule has 1 atom stereocenters. The molecular weight excluding hydrogens is 174 g/mol. The Balaban J connectivity index is 2.32. The van der Waals surface area contributed by atoms with E-state index in [-0.39, 0.29) is 0 Å². The molecular formula is C12H13NO. The van der Waals surface area contributed by atoms with E-state index < -0.39 is 6.10 Å². The van der Waals surface area contributed by atoms with Gasteiger partial charge in [-0.2, -0.15) is 0 Å². The van der Waals surface area contributed by atoms with Crippen LogP contribution in [0.2, 0.25) is 0 Å². The Bertz CT molecular complexity index is 406. The van der Waals surface area contributed by atoms with Crippen LogP contribution in [0, 0.1) is 6.92 Å². The maximum Gasteiger partial charge on any atom is 0.106 e. The molecule has 14 heavy (non-hydrogen) atoms. The van der Waals surface area contributed by atoms with E-state index in [1.54, 1.807) is 0 Å². The van der Waals surface area contributed by atoms with Crippen LogP contribution in [0.3, 0.4) is 0 Å². The molecule has 0 amide bonds. The van der Waals surface area contributed by atoms with Crippen molar-refractivity contribution < 1.29 is 5.11 Å². The third-order valence-corrected chi connectivity index (χ3v) is 2.30. The predicted molar refractivity (Wildman–Crippen MR) is 56.0 cm³/mol. The number of aliphatic hydroxyl groups excluding tert-OH is 1.